The third-order valence-electron chi connectivity index (χ3n) is 2.89. The summed E-state index contributed by atoms with van der Waals surface area (Å²) in [4.78, 5) is 0. The summed E-state index contributed by atoms with van der Waals surface area (Å²) in [6.45, 7) is 2.82. The zero-order chi connectivity index (χ0) is 15.1. The van der Waals surface area contributed by atoms with Gasteiger partial charge in [0.1, 0.15) is 5.75 Å². The second-order valence-corrected chi connectivity index (χ2v) is 4.61. The Kier molecular flexibility index (Phi) is 5.34. The van der Waals surface area contributed by atoms with Gasteiger partial charge in [0.2, 0.25) is 0 Å². The molecule has 0 unspecified atom stereocenters. The summed E-state index contributed by atoms with van der Waals surface area (Å²) in [7, 11) is 0. The quantitative estimate of drug-likeness (QED) is 0.592. The molecule has 0 spiro atoms. The van der Waals surface area contributed by atoms with Crippen molar-refractivity contribution in [3.8, 4) is 17.6 Å². The third-order valence-corrected chi connectivity index (χ3v) is 2.89. The van der Waals surface area contributed by atoms with E-state index in [1.807, 2.05) is 24.3 Å². The molecular formula is C18H16F2O. The van der Waals surface area contributed by atoms with Gasteiger partial charge in [-0.2, -0.15) is 0 Å². The average Bonchev–Trinajstić information content (AvgIpc) is 2.50. The molecule has 0 atom stereocenters. The molecule has 0 aliphatic carbocycles. The average molecular weight is 286 g/mol. The van der Waals surface area contributed by atoms with Crippen molar-refractivity contribution in [3.63, 3.8) is 0 Å². The van der Waals surface area contributed by atoms with Gasteiger partial charge in [0.25, 0.3) is 0 Å². The number of benzene rings is 2. The molecule has 0 saturated carbocycles. The molecule has 0 amide bonds. The lowest BCUT2D eigenvalue weighted by Crippen LogP contribution is -1.95. The van der Waals surface area contributed by atoms with Crippen LogP contribution < -0.4 is 4.74 Å². The van der Waals surface area contributed by atoms with Crippen molar-refractivity contribution in [3.05, 3.63) is 65.2 Å². The zero-order valence-corrected chi connectivity index (χ0v) is 11.8. The van der Waals surface area contributed by atoms with E-state index in [2.05, 4.69) is 18.8 Å². The Balaban J connectivity index is 2.03. The Bertz CT molecular complexity index is 651. The molecule has 0 radical (unpaired) electrons. The van der Waals surface area contributed by atoms with E-state index in [-0.39, 0.29) is 0 Å². The highest BCUT2D eigenvalue weighted by molar-refractivity contribution is 5.44. The number of hydrogen-bond acceptors (Lipinski definition) is 1. The lowest BCUT2D eigenvalue weighted by Gasteiger charge is -2.04. The first-order valence-corrected chi connectivity index (χ1v) is 6.89. The number of halogens is 2. The molecule has 21 heavy (non-hydrogen) atoms. The molecule has 0 N–H and O–H groups in total. The maximum Gasteiger partial charge on any atom is 0.160 e. The predicted molar refractivity (Wildman–Crippen MR) is 79.2 cm³/mol. The van der Waals surface area contributed by atoms with Crippen LogP contribution in [0.1, 0.15) is 30.9 Å². The Morgan fingerprint density at radius 1 is 0.905 bits per heavy atom. The smallest absolute Gasteiger partial charge is 0.160 e. The molecule has 2 aromatic rings. The summed E-state index contributed by atoms with van der Waals surface area (Å²) in [6, 6.07) is 11.0. The van der Waals surface area contributed by atoms with E-state index in [9.17, 15) is 8.78 Å². The topological polar surface area (TPSA) is 9.23 Å². The number of rotatable bonds is 4. The van der Waals surface area contributed by atoms with Crippen LogP contribution in [0.25, 0.3) is 0 Å². The fourth-order valence-corrected chi connectivity index (χ4v) is 1.69. The number of unbranched alkanes of at least 4 members (excludes halogenated alkanes) is 1. The van der Waals surface area contributed by atoms with Gasteiger partial charge < -0.3 is 4.74 Å². The van der Waals surface area contributed by atoms with E-state index in [0.717, 1.165) is 36.3 Å². The molecule has 0 aromatic heterocycles. The molecule has 0 fully saturated rings. The van der Waals surface area contributed by atoms with E-state index in [4.69, 9.17) is 4.74 Å². The van der Waals surface area contributed by atoms with Gasteiger partial charge in [-0.25, -0.2) is 8.78 Å². The van der Waals surface area contributed by atoms with Gasteiger partial charge in [0, 0.05) is 11.1 Å². The van der Waals surface area contributed by atoms with Crippen molar-refractivity contribution in [1.29, 1.82) is 0 Å². The lowest BCUT2D eigenvalue weighted by molar-refractivity contribution is 0.309. The zero-order valence-electron chi connectivity index (χ0n) is 11.8. The predicted octanol–water partition coefficient (Wildman–Crippen LogP) is 4.54. The Labute approximate surface area is 123 Å². The highest BCUT2D eigenvalue weighted by Crippen LogP contribution is 2.12. The van der Waals surface area contributed by atoms with Gasteiger partial charge in [0.05, 0.1) is 6.61 Å². The minimum atomic E-state index is -0.888. The van der Waals surface area contributed by atoms with E-state index in [0.29, 0.717) is 12.2 Å². The minimum absolute atomic E-state index is 0.442. The highest BCUT2D eigenvalue weighted by Gasteiger charge is 2.00. The first-order chi connectivity index (χ1) is 10.2. The van der Waals surface area contributed by atoms with E-state index in [1.54, 1.807) is 0 Å². The van der Waals surface area contributed by atoms with Crippen molar-refractivity contribution < 1.29 is 13.5 Å². The van der Waals surface area contributed by atoms with Crippen molar-refractivity contribution in [2.75, 3.05) is 6.61 Å². The maximum absolute atomic E-state index is 13.0. The van der Waals surface area contributed by atoms with Crippen LogP contribution in [0.3, 0.4) is 0 Å². The normalized spacial score (nSPS) is 9.86. The van der Waals surface area contributed by atoms with Gasteiger partial charge in [-0.1, -0.05) is 25.2 Å². The van der Waals surface area contributed by atoms with Gasteiger partial charge in [-0.3, -0.25) is 0 Å². The molecule has 0 heterocycles. The SMILES string of the molecule is CCCCOc1ccc(C#Cc2ccc(F)c(F)c2)cc1. The van der Waals surface area contributed by atoms with Gasteiger partial charge in [0.15, 0.2) is 11.6 Å². The number of hydrogen-bond donors (Lipinski definition) is 0. The van der Waals surface area contributed by atoms with Gasteiger partial charge in [-0.15, -0.1) is 0 Å². The molecule has 0 saturated heterocycles. The van der Waals surface area contributed by atoms with Crippen molar-refractivity contribution >= 4 is 0 Å². The molecule has 2 aromatic carbocycles. The van der Waals surface area contributed by atoms with Crippen LogP contribution in [-0.2, 0) is 0 Å². The highest BCUT2D eigenvalue weighted by atomic mass is 19.2. The summed E-state index contributed by atoms with van der Waals surface area (Å²) in [5.41, 5.74) is 1.24. The Morgan fingerprint density at radius 3 is 2.24 bits per heavy atom. The molecule has 2 rings (SSSR count). The van der Waals surface area contributed by atoms with E-state index < -0.39 is 11.6 Å². The summed E-state index contributed by atoms with van der Waals surface area (Å²) < 4.78 is 31.4. The first-order valence-electron chi connectivity index (χ1n) is 6.89. The van der Waals surface area contributed by atoms with Crippen molar-refractivity contribution in [1.82, 2.24) is 0 Å². The largest absolute Gasteiger partial charge is 0.494 e. The van der Waals surface area contributed by atoms with E-state index in [1.165, 1.54) is 6.07 Å². The van der Waals surface area contributed by atoms with Crippen LogP contribution >= 0.6 is 0 Å². The van der Waals surface area contributed by atoms with Crippen LogP contribution in [0.2, 0.25) is 0 Å². The molecule has 1 nitrogen and oxygen atoms in total. The third kappa shape index (κ3) is 4.61. The second-order valence-electron chi connectivity index (χ2n) is 4.61. The lowest BCUT2D eigenvalue weighted by atomic mass is 10.1. The molecule has 3 heteroatoms. The Hall–Kier alpha value is -2.34. The van der Waals surface area contributed by atoms with Crippen molar-refractivity contribution in [2.24, 2.45) is 0 Å². The van der Waals surface area contributed by atoms with Crippen LogP contribution in [0.5, 0.6) is 5.75 Å². The molecule has 0 aliphatic rings. The molecule has 0 bridgehead atoms. The first kappa shape index (κ1) is 15.1. The maximum atomic E-state index is 13.0. The summed E-state index contributed by atoms with van der Waals surface area (Å²) in [5, 5.41) is 0. The fourth-order valence-electron chi connectivity index (χ4n) is 1.69. The van der Waals surface area contributed by atoms with E-state index >= 15 is 0 Å². The van der Waals surface area contributed by atoms with Crippen LogP contribution in [0.4, 0.5) is 8.78 Å². The molecular weight excluding hydrogens is 270 g/mol. The summed E-state index contributed by atoms with van der Waals surface area (Å²) in [5.74, 6) is 4.76. The van der Waals surface area contributed by atoms with Crippen LogP contribution in [0.15, 0.2) is 42.5 Å². The van der Waals surface area contributed by atoms with Gasteiger partial charge >= 0.3 is 0 Å². The minimum Gasteiger partial charge on any atom is -0.494 e. The second kappa shape index (κ2) is 7.44. The summed E-state index contributed by atoms with van der Waals surface area (Å²) in [6.07, 6.45) is 2.12. The molecule has 0 aliphatic heterocycles. The Morgan fingerprint density at radius 2 is 1.57 bits per heavy atom. The monoisotopic (exact) mass is 286 g/mol. The standard InChI is InChI=1S/C18H16F2O/c1-2-3-12-21-16-9-6-14(7-10-16)4-5-15-8-11-17(19)18(20)13-15/h6-11,13H,2-3,12H2,1H3. The van der Waals surface area contributed by atoms with Gasteiger partial charge in [-0.05, 0) is 48.9 Å². The van der Waals surface area contributed by atoms with Crippen molar-refractivity contribution in [2.45, 2.75) is 19.8 Å². The molecule has 108 valence electrons. The van der Waals surface area contributed by atoms with Crippen LogP contribution in [-0.4, -0.2) is 6.61 Å². The number of ether oxygens (including phenoxy) is 1. The summed E-state index contributed by atoms with van der Waals surface area (Å²) >= 11 is 0. The van der Waals surface area contributed by atoms with Crippen LogP contribution in [0, 0.1) is 23.5 Å². The fraction of sp³-hybridized carbons (Fsp3) is 0.222.